The van der Waals surface area contributed by atoms with Crippen molar-refractivity contribution in [2.75, 3.05) is 18.6 Å². The molecule has 90 valence electrons. The summed E-state index contributed by atoms with van der Waals surface area (Å²) in [6, 6.07) is 5.02. The third-order valence-corrected chi connectivity index (χ3v) is 3.20. The van der Waals surface area contributed by atoms with E-state index in [4.69, 9.17) is 4.74 Å². The summed E-state index contributed by atoms with van der Waals surface area (Å²) in [6.07, 6.45) is 1.65. The SMILES string of the molecule is Cc1c(O)cccc1OCCCS(C)(=O)=O. The molecular weight excluding hydrogens is 228 g/mol. The lowest BCUT2D eigenvalue weighted by atomic mass is 10.2. The molecular formula is C11H16O4S. The third kappa shape index (κ3) is 4.10. The summed E-state index contributed by atoms with van der Waals surface area (Å²) in [7, 11) is -2.93. The number of hydrogen-bond donors (Lipinski definition) is 1. The highest BCUT2D eigenvalue weighted by Crippen LogP contribution is 2.25. The van der Waals surface area contributed by atoms with Gasteiger partial charge in [0.1, 0.15) is 21.3 Å². The number of ether oxygens (including phenoxy) is 1. The number of phenolic OH excluding ortho intramolecular Hbond substituents is 1. The van der Waals surface area contributed by atoms with Crippen LogP contribution in [0.2, 0.25) is 0 Å². The summed E-state index contributed by atoms with van der Waals surface area (Å²) in [5, 5.41) is 9.41. The fourth-order valence-electron chi connectivity index (χ4n) is 1.26. The summed E-state index contributed by atoms with van der Waals surface area (Å²) in [6.45, 7) is 2.08. The van der Waals surface area contributed by atoms with Crippen molar-refractivity contribution in [3.63, 3.8) is 0 Å². The fourth-order valence-corrected chi connectivity index (χ4v) is 1.90. The summed E-state index contributed by atoms with van der Waals surface area (Å²) < 4.78 is 27.1. The van der Waals surface area contributed by atoms with E-state index in [1.54, 1.807) is 25.1 Å². The van der Waals surface area contributed by atoms with E-state index in [1.165, 1.54) is 6.26 Å². The molecule has 0 saturated carbocycles. The Kier molecular flexibility index (Phi) is 4.18. The molecule has 1 N–H and O–H groups in total. The number of benzene rings is 1. The van der Waals surface area contributed by atoms with Crippen LogP contribution >= 0.6 is 0 Å². The Morgan fingerprint density at radius 2 is 2.06 bits per heavy atom. The van der Waals surface area contributed by atoms with Crippen LogP contribution in [-0.2, 0) is 9.84 Å². The molecule has 1 aromatic carbocycles. The lowest BCUT2D eigenvalue weighted by Gasteiger charge is -2.09. The molecule has 0 spiro atoms. The Hall–Kier alpha value is -1.23. The Balaban J connectivity index is 2.47. The molecule has 0 aliphatic rings. The molecule has 5 heteroatoms. The van der Waals surface area contributed by atoms with Gasteiger partial charge < -0.3 is 9.84 Å². The minimum atomic E-state index is -2.93. The van der Waals surface area contributed by atoms with E-state index in [1.807, 2.05) is 0 Å². The summed E-state index contributed by atoms with van der Waals surface area (Å²) in [4.78, 5) is 0. The van der Waals surface area contributed by atoms with Gasteiger partial charge in [0.25, 0.3) is 0 Å². The minimum absolute atomic E-state index is 0.116. The van der Waals surface area contributed by atoms with Gasteiger partial charge in [-0.15, -0.1) is 0 Å². The molecule has 0 fully saturated rings. The van der Waals surface area contributed by atoms with Crippen molar-refractivity contribution in [3.05, 3.63) is 23.8 Å². The van der Waals surface area contributed by atoms with Gasteiger partial charge in [0, 0.05) is 11.8 Å². The predicted octanol–water partition coefficient (Wildman–Crippen LogP) is 1.51. The van der Waals surface area contributed by atoms with E-state index in [0.717, 1.165) is 0 Å². The zero-order valence-electron chi connectivity index (χ0n) is 9.43. The molecule has 0 radical (unpaired) electrons. The largest absolute Gasteiger partial charge is 0.508 e. The lowest BCUT2D eigenvalue weighted by Crippen LogP contribution is -2.08. The highest BCUT2D eigenvalue weighted by atomic mass is 32.2. The first-order valence-corrected chi connectivity index (χ1v) is 7.05. The Bertz CT molecular complexity index is 451. The lowest BCUT2D eigenvalue weighted by molar-refractivity contribution is 0.313. The second-order valence-electron chi connectivity index (χ2n) is 3.73. The zero-order valence-corrected chi connectivity index (χ0v) is 10.3. The second kappa shape index (κ2) is 5.21. The second-order valence-corrected chi connectivity index (χ2v) is 5.99. The van der Waals surface area contributed by atoms with E-state index in [2.05, 4.69) is 0 Å². The van der Waals surface area contributed by atoms with E-state index in [-0.39, 0.29) is 11.5 Å². The molecule has 4 nitrogen and oxygen atoms in total. The van der Waals surface area contributed by atoms with Crippen LogP contribution in [0.1, 0.15) is 12.0 Å². The first-order valence-electron chi connectivity index (χ1n) is 4.99. The van der Waals surface area contributed by atoms with Crippen molar-refractivity contribution in [2.45, 2.75) is 13.3 Å². The first kappa shape index (κ1) is 12.8. The maximum atomic E-state index is 10.9. The number of rotatable bonds is 5. The summed E-state index contributed by atoms with van der Waals surface area (Å²) >= 11 is 0. The van der Waals surface area contributed by atoms with Gasteiger partial charge in [-0.3, -0.25) is 0 Å². The third-order valence-electron chi connectivity index (χ3n) is 2.17. The minimum Gasteiger partial charge on any atom is -0.508 e. The van der Waals surface area contributed by atoms with Crippen molar-refractivity contribution in [1.82, 2.24) is 0 Å². The van der Waals surface area contributed by atoms with E-state index in [9.17, 15) is 13.5 Å². The molecule has 0 aliphatic heterocycles. The highest BCUT2D eigenvalue weighted by molar-refractivity contribution is 7.90. The predicted molar refractivity (Wildman–Crippen MR) is 62.7 cm³/mol. The molecule has 0 heterocycles. The van der Waals surface area contributed by atoms with Gasteiger partial charge >= 0.3 is 0 Å². The normalized spacial score (nSPS) is 11.4. The van der Waals surface area contributed by atoms with Crippen LogP contribution in [0.5, 0.6) is 11.5 Å². The quantitative estimate of drug-likeness (QED) is 0.797. The van der Waals surface area contributed by atoms with Crippen LogP contribution < -0.4 is 4.74 Å². The van der Waals surface area contributed by atoms with Crippen LogP contribution in [0.3, 0.4) is 0 Å². The summed E-state index contributed by atoms with van der Waals surface area (Å²) in [5.41, 5.74) is 0.668. The molecule has 0 aromatic heterocycles. The first-order chi connectivity index (χ1) is 7.40. The topological polar surface area (TPSA) is 63.6 Å². The standard InChI is InChI=1S/C11H16O4S/c1-9-10(12)5-3-6-11(9)15-7-4-8-16(2,13)14/h3,5-6,12H,4,7-8H2,1-2H3. The average molecular weight is 244 g/mol. The van der Waals surface area contributed by atoms with Crippen molar-refractivity contribution in [2.24, 2.45) is 0 Å². The van der Waals surface area contributed by atoms with Gasteiger partial charge in [-0.05, 0) is 25.5 Å². The Labute approximate surface area is 95.8 Å². The van der Waals surface area contributed by atoms with Gasteiger partial charge in [-0.25, -0.2) is 8.42 Å². The number of phenols is 1. The van der Waals surface area contributed by atoms with Crippen LogP contribution in [-0.4, -0.2) is 32.1 Å². The molecule has 16 heavy (non-hydrogen) atoms. The van der Waals surface area contributed by atoms with Crippen LogP contribution in [0.15, 0.2) is 18.2 Å². The zero-order chi connectivity index (χ0) is 12.2. The van der Waals surface area contributed by atoms with Gasteiger partial charge in [-0.2, -0.15) is 0 Å². The van der Waals surface area contributed by atoms with Crippen LogP contribution in [0.4, 0.5) is 0 Å². The number of aromatic hydroxyl groups is 1. The smallest absolute Gasteiger partial charge is 0.147 e. The van der Waals surface area contributed by atoms with E-state index >= 15 is 0 Å². The maximum absolute atomic E-state index is 10.9. The highest BCUT2D eigenvalue weighted by Gasteiger charge is 2.05. The van der Waals surface area contributed by atoms with Gasteiger partial charge in [0.2, 0.25) is 0 Å². The van der Waals surface area contributed by atoms with Crippen LogP contribution in [0, 0.1) is 6.92 Å². The summed E-state index contributed by atoms with van der Waals surface area (Å²) in [5.74, 6) is 0.888. The van der Waals surface area contributed by atoms with Crippen molar-refractivity contribution < 1.29 is 18.3 Å². The average Bonchev–Trinajstić information content (AvgIpc) is 2.17. The molecule has 1 rings (SSSR count). The van der Waals surface area contributed by atoms with E-state index in [0.29, 0.717) is 24.3 Å². The Morgan fingerprint density at radius 3 is 2.69 bits per heavy atom. The van der Waals surface area contributed by atoms with Crippen LogP contribution in [0.25, 0.3) is 0 Å². The van der Waals surface area contributed by atoms with Crippen molar-refractivity contribution in [3.8, 4) is 11.5 Å². The number of sulfone groups is 1. The van der Waals surface area contributed by atoms with Gasteiger partial charge in [-0.1, -0.05) is 6.07 Å². The van der Waals surface area contributed by atoms with Gasteiger partial charge in [0.15, 0.2) is 0 Å². The monoisotopic (exact) mass is 244 g/mol. The van der Waals surface area contributed by atoms with Crippen molar-refractivity contribution in [1.29, 1.82) is 0 Å². The van der Waals surface area contributed by atoms with E-state index < -0.39 is 9.84 Å². The van der Waals surface area contributed by atoms with Gasteiger partial charge in [0.05, 0.1) is 12.4 Å². The fraction of sp³-hybridized carbons (Fsp3) is 0.455. The molecule has 0 unspecified atom stereocenters. The molecule has 1 aromatic rings. The van der Waals surface area contributed by atoms with Crippen molar-refractivity contribution >= 4 is 9.84 Å². The molecule has 0 amide bonds. The molecule has 0 bridgehead atoms. The Morgan fingerprint density at radius 1 is 1.38 bits per heavy atom. The molecule has 0 aliphatic carbocycles. The molecule has 0 saturated heterocycles. The number of hydrogen-bond acceptors (Lipinski definition) is 4. The molecule has 0 atom stereocenters. The maximum Gasteiger partial charge on any atom is 0.147 e.